The molecular formula is C11H15Cl2NO. The van der Waals surface area contributed by atoms with E-state index in [9.17, 15) is 5.11 Å². The van der Waals surface area contributed by atoms with Crippen molar-refractivity contribution in [3.05, 3.63) is 27.7 Å². The normalized spacial score (nSPS) is 11.0. The number of halogens is 2. The van der Waals surface area contributed by atoms with Crippen LogP contribution in [0.3, 0.4) is 0 Å². The van der Waals surface area contributed by atoms with E-state index < -0.39 is 0 Å². The van der Waals surface area contributed by atoms with Crippen molar-refractivity contribution in [2.45, 2.75) is 12.8 Å². The summed E-state index contributed by atoms with van der Waals surface area (Å²) >= 11 is 11.7. The zero-order chi connectivity index (χ0) is 11.4. The highest BCUT2D eigenvalue weighted by Gasteiger charge is 2.08. The van der Waals surface area contributed by atoms with E-state index in [0.717, 1.165) is 24.9 Å². The van der Waals surface area contributed by atoms with E-state index in [0.29, 0.717) is 10.0 Å². The Morgan fingerprint density at radius 3 is 2.47 bits per heavy atom. The van der Waals surface area contributed by atoms with Crippen molar-refractivity contribution in [2.75, 3.05) is 20.6 Å². The largest absolute Gasteiger partial charge is 0.508 e. The zero-order valence-corrected chi connectivity index (χ0v) is 10.4. The molecule has 1 aromatic rings. The molecule has 2 nitrogen and oxygen atoms in total. The van der Waals surface area contributed by atoms with Gasteiger partial charge in [0, 0.05) is 15.6 Å². The number of rotatable bonds is 4. The van der Waals surface area contributed by atoms with E-state index in [1.54, 1.807) is 6.07 Å². The van der Waals surface area contributed by atoms with Gasteiger partial charge >= 0.3 is 0 Å². The van der Waals surface area contributed by atoms with Gasteiger partial charge in [0.15, 0.2) is 0 Å². The number of hydrogen-bond donors (Lipinski definition) is 1. The van der Waals surface area contributed by atoms with Crippen molar-refractivity contribution in [1.82, 2.24) is 4.90 Å². The van der Waals surface area contributed by atoms with Crippen LogP contribution in [0, 0.1) is 0 Å². The Morgan fingerprint density at radius 2 is 1.93 bits per heavy atom. The summed E-state index contributed by atoms with van der Waals surface area (Å²) in [7, 11) is 4.03. The molecule has 0 fully saturated rings. The van der Waals surface area contributed by atoms with Crippen LogP contribution < -0.4 is 0 Å². The maximum atomic E-state index is 9.65. The average Bonchev–Trinajstić information content (AvgIpc) is 2.08. The highest BCUT2D eigenvalue weighted by Crippen LogP contribution is 2.30. The van der Waals surface area contributed by atoms with Gasteiger partial charge in [0.2, 0.25) is 0 Å². The summed E-state index contributed by atoms with van der Waals surface area (Å²) in [6.07, 6.45) is 1.72. The average molecular weight is 248 g/mol. The van der Waals surface area contributed by atoms with Crippen LogP contribution >= 0.6 is 23.2 Å². The van der Waals surface area contributed by atoms with Crippen molar-refractivity contribution >= 4 is 23.2 Å². The van der Waals surface area contributed by atoms with Crippen molar-refractivity contribution in [1.29, 1.82) is 0 Å². The van der Waals surface area contributed by atoms with Crippen molar-refractivity contribution in [3.63, 3.8) is 0 Å². The SMILES string of the molecule is CN(C)CCCc1c(O)cc(Cl)cc1Cl. The van der Waals surface area contributed by atoms with Gasteiger partial charge in [0.05, 0.1) is 0 Å². The molecule has 0 saturated carbocycles. The number of nitrogens with zero attached hydrogens (tertiary/aromatic N) is 1. The lowest BCUT2D eigenvalue weighted by atomic mass is 10.1. The Balaban J connectivity index is 2.68. The number of benzene rings is 1. The van der Waals surface area contributed by atoms with E-state index >= 15 is 0 Å². The third-order valence-corrected chi connectivity index (χ3v) is 2.72. The molecule has 0 aliphatic carbocycles. The lowest BCUT2D eigenvalue weighted by Gasteiger charge is -2.11. The first-order valence-corrected chi connectivity index (χ1v) is 5.58. The summed E-state index contributed by atoms with van der Waals surface area (Å²) in [6, 6.07) is 3.19. The standard InChI is InChI=1S/C11H15Cl2NO/c1-14(2)5-3-4-9-10(13)6-8(12)7-11(9)15/h6-7,15H,3-5H2,1-2H3. The number of phenolic OH excluding ortho intramolecular Hbond substituents is 1. The fourth-order valence-electron chi connectivity index (χ4n) is 1.41. The molecule has 0 aliphatic heterocycles. The van der Waals surface area contributed by atoms with Crippen LogP contribution in [0.2, 0.25) is 10.0 Å². The molecule has 0 amide bonds. The van der Waals surface area contributed by atoms with Crippen LogP contribution in [0.5, 0.6) is 5.75 Å². The molecule has 1 rings (SSSR count). The molecule has 0 aliphatic rings. The Bertz CT molecular complexity index is 316. The number of hydrogen-bond acceptors (Lipinski definition) is 2. The summed E-state index contributed by atoms with van der Waals surface area (Å²) < 4.78 is 0. The Labute approximate surface area is 100 Å². The molecule has 84 valence electrons. The van der Waals surface area contributed by atoms with Crippen LogP contribution in [-0.2, 0) is 6.42 Å². The number of phenols is 1. The minimum atomic E-state index is 0.186. The molecule has 0 saturated heterocycles. The van der Waals surface area contributed by atoms with Gasteiger partial charge in [-0.1, -0.05) is 23.2 Å². The van der Waals surface area contributed by atoms with Crippen LogP contribution in [0.1, 0.15) is 12.0 Å². The molecule has 1 N–H and O–H groups in total. The first-order valence-electron chi connectivity index (χ1n) is 4.82. The second kappa shape index (κ2) is 5.59. The van der Waals surface area contributed by atoms with Gasteiger partial charge < -0.3 is 10.0 Å². The maximum absolute atomic E-state index is 9.65. The molecule has 0 unspecified atom stereocenters. The summed E-state index contributed by atoms with van der Waals surface area (Å²) in [4.78, 5) is 2.10. The predicted octanol–water partition coefficient (Wildman–Crippen LogP) is 3.19. The highest BCUT2D eigenvalue weighted by molar-refractivity contribution is 6.35. The fraction of sp³-hybridized carbons (Fsp3) is 0.455. The molecule has 0 aromatic heterocycles. The lowest BCUT2D eigenvalue weighted by molar-refractivity contribution is 0.397. The monoisotopic (exact) mass is 247 g/mol. The molecule has 0 bridgehead atoms. The van der Waals surface area contributed by atoms with Gasteiger partial charge in [-0.3, -0.25) is 0 Å². The predicted molar refractivity (Wildman–Crippen MR) is 65.0 cm³/mol. The van der Waals surface area contributed by atoms with Crippen LogP contribution in [-0.4, -0.2) is 30.6 Å². The topological polar surface area (TPSA) is 23.5 Å². The van der Waals surface area contributed by atoms with Gasteiger partial charge in [-0.25, -0.2) is 0 Å². The van der Waals surface area contributed by atoms with Crippen LogP contribution in [0.15, 0.2) is 12.1 Å². The summed E-state index contributed by atoms with van der Waals surface area (Å²) in [5.41, 5.74) is 0.780. The van der Waals surface area contributed by atoms with Gasteiger partial charge in [-0.15, -0.1) is 0 Å². The van der Waals surface area contributed by atoms with Gasteiger partial charge in [0.1, 0.15) is 5.75 Å². The Morgan fingerprint density at radius 1 is 1.27 bits per heavy atom. The fourth-order valence-corrected chi connectivity index (χ4v) is 1.99. The van der Waals surface area contributed by atoms with Crippen molar-refractivity contribution < 1.29 is 5.11 Å². The van der Waals surface area contributed by atoms with Gasteiger partial charge in [0.25, 0.3) is 0 Å². The minimum absolute atomic E-state index is 0.186. The second-order valence-corrected chi connectivity index (χ2v) is 4.64. The molecule has 15 heavy (non-hydrogen) atoms. The van der Waals surface area contributed by atoms with Crippen molar-refractivity contribution in [2.24, 2.45) is 0 Å². The summed E-state index contributed by atoms with van der Waals surface area (Å²) in [5.74, 6) is 0.186. The molecule has 1 aromatic carbocycles. The molecule has 4 heteroatoms. The zero-order valence-electron chi connectivity index (χ0n) is 8.93. The first-order chi connectivity index (χ1) is 7.00. The summed E-state index contributed by atoms with van der Waals surface area (Å²) in [6.45, 7) is 0.971. The molecule has 0 atom stereocenters. The van der Waals surface area contributed by atoms with E-state index in [1.165, 1.54) is 6.07 Å². The van der Waals surface area contributed by atoms with Gasteiger partial charge in [-0.05, 0) is 45.6 Å². The third-order valence-electron chi connectivity index (χ3n) is 2.17. The summed E-state index contributed by atoms with van der Waals surface area (Å²) in [5, 5.41) is 10.7. The lowest BCUT2D eigenvalue weighted by Crippen LogP contribution is -2.13. The minimum Gasteiger partial charge on any atom is -0.508 e. The maximum Gasteiger partial charge on any atom is 0.121 e. The molecule has 0 radical (unpaired) electrons. The molecular weight excluding hydrogens is 233 g/mol. The first kappa shape index (κ1) is 12.6. The molecule has 0 heterocycles. The highest BCUT2D eigenvalue weighted by atomic mass is 35.5. The van der Waals surface area contributed by atoms with Gasteiger partial charge in [-0.2, -0.15) is 0 Å². The second-order valence-electron chi connectivity index (χ2n) is 3.79. The Hall–Kier alpha value is -0.440. The van der Waals surface area contributed by atoms with E-state index in [-0.39, 0.29) is 5.75 Å². The Kier molecular flexibility index (Phi) is 4.71. The third kappa shape index (κ3) is 3.90. The van der Waals surface area contributed by atoms with E-state index in [1.807, 2.05) is 14.1 Å². The molecule has 0 spiro atoms. The number of aromatic hydroxyl groups is 1. The van der Waals surface area contributed by atoms with Crippen LogP contribution in [0.4, 0.5) is 0 Å². The quantitative estimate of drug-likeness (QED) is 0.884. The van der Waals surface area contributed by atoms with E-state index in [2.05, 4.69) is 4.90 Å². The van der Waals surface area contributed by atoms with E-state index in [4.69, 9.17) is 23.2 Å². The van der Waals surface area contributed by atoms with Crippen molar-refractivity contribution in [3.8, 4) is 5.75 Å². The smallest absolute Gasteiger partial charge is 0.121 e. The van der Waals surface area contributed by atoms with Crippen LogP contribution in [0.25, 0.3) is 0 Å².